The van der Waals surface area contributed by atoms with Crippen LogP contribution in [0.5, 0.6) is 5.75 Å². The largest absolute Gasteiger partial charge is 0.489 e. The van der Waals surface area contributed by atoms with E-state index in [-0.39, 0.29) is 11.9 Å². The van der Waals surface area contributed by atoms with Gasteiger partial charge in [-0.2, -0.15) is 0 Å². The number of nitrogens with zero attached hydrogens (tertiary/aromatic N) is 1. The summed E-state index contributed by atoms with van der Waals surface area (Å²) >= 11 is 0. The van der Waals surface area contributed by atoms with Gasteiger partial charge in [0.25, 0.3) is 0 Å². The molecule has 0 fully saturated rings. The normalized spacial score (nSPS) is 10.9. The molecule has 0 saturated carbocycles. The van der Waals surface area contributed by atoms with Crippen molar-refractivity contribution in [3.05, 3.63) is 138 Å². The molecule has 3 heteroatoms. The molecule has 0 N–H and O–H groups in total. The van der Waals surface area contributed by atoms with Crippen LogP contribution < -0.4 is 4.74 Å². The van der Waals surface area contributed by atoms with Crippen LogP contribution in [0.4, 0.5) is 0 Å². The third-order valence-electron chi connectivity index (χ3n) is 6.63. The fourth-order valence-electron chi connectivity index (χ4n) is 4.62. The van der Waals surface area contributed by atoms with E-state index in [9.17, 15) is 4.79 Å². The average molecular weight is 492 g/mol. The number of unbranched alkanes of at least 4 members (excludes halogenated alkanes) is 3. The number of ether oxygens (including phenoxy) is 1. The van der Waals surface area contributed by atoms with Crippen molar-refractivity contribution in [1.29, 1.82) is 0 Å². The van der Waals surface area contributed by atoms with Crippen LogP contribution in [0.15, 0.2) is 115 Å². The van der Waals surface area contributed by atoms with Crippen molar-refractivity contribution in [1.82, 2.24) is 4.90 Å². The Balaban J connectivity index is 1.56. The first-order valence-corrected chi connectivity index (χ1v) is 13.4. The molecule has 0 unspecified atom stereocenters. The molecule has 0 atom stereocenters. The van der Waals surface area contributed by atoms with Gasteiger partial charge in [0.1, 0.15) is 12.4 Å². The van der Waals surface area contributed by atoms with Gasteiger partial charge in [0.15, 0.2) is 0 Å². The van der Waals surface area contributed by atoms with Gasteiger partial charge in [-0.05, 0) is 40.8 Å². The first-order valence-electron chi connectivity index (χ1n) is 13.4. The average Bonchev–Trinajstić information content (AvgIpc) is 2.96. The molecule has 0 aliphatic heterocycles. The lowest BCUT2D eigenvalue weighted by molar-refractivity contribution is -0.133. The van der Waals surface area contributed by atoms with Crippen molar-refractivity contribution in [3.8, 4) is 5.75 Å². The smallest absolute Gasteiger partial charge is 0.223 e. The molecule has 0 heterocycles. The molecule has 0 aliphatic carbocycles. The maximum atomic E-state index is 13.7. The molecule has 4 aromatic rings. The number of benzene rings is 4. The van der Waals surface area contributed by atoms with Gasteiger partial charge in [-0.1, -0.05) is 129 Å². The zero-order chi connectivity index (χ0) is 25.7. The lowest BCUT2D eigenvalue weighted by Crippen LogP contribution is -2.35. The van der Waals surface area contributed by atoms with Gasteiger partial charge in [-0.15, -0.1) is 0 Å². The van der Waals surface area contributed by atoms with E-state index in [0.717, 1.165) is 47.3 Å². The number of hydrogen-bond acceptors (Lipinski definition) is 2. The van der Waals surface area contributed by atoms with E-state index in [0.29, 0.717) is 19.6 Å². The van der Waals surface area contributed by atoms with Crippen LogP contribution in [-0.4, -0.2) is 10.8 Å². The van der Waals surface area contributed by atoms with Gasteiger partial charge < -0.3 is 9.64 Å². The fourth-order valence-corrected chi connectivity index (χ4v) is 4.62. The summed E-state index contributed by atoms with van der Waals surface area (Å²) in [6.07, 6.45) is 4.90. The van der Waals surface area contributed by atoms with E-state index in [1.165, 1.54) is 6.42 Å². The zero-order valence-electron chi connectivity index (χ0n) is 21.8. The summed E-state index contributed by atoms with van der Waals surface area (Å²) in [6, 6.07) is 38.9. The molecule has 0 bridgehead atoms. The number of carbonyl (C=O) groups is 1. The molecule has 0 saturated heterocycles. The van der Waals surface area contributed by atoms with E-state index < -0.39 is 0 Å². The van der Waals surface area contributed by atoms with Crippen LogP contribution in [0.2, 0.25) is 0 Å². The highest BCUT2D eigenvalue weighted by atomic mass is 16.5. The Morgan fingerprint density at radius 2 is 1.24 bits per heavy atom. The molecule has 0 aromatic heterocycles. The molecule has 0 radical (unpaired) electrons. The van der Waals surface area contributed by atoms with Crippen molar-refractivity contribution in [2.24, 2.45) is 0 Å². The summed E-state index contributed by atoms with van der Waals surface area (Å²) in [5.74, 6) is 1.02. The van der Waals surface area contributed by atoms with Crippen LogP contribution >= 0.6 is 0 Å². The van der Waals surface area contributed by atoms with Crippen molar-refractivity contribution in [3.63, 3.8) is 0 Å². The topological polar surface area (TPSA) is 29.5 Å². The minimum absolute atomic E-state index is 0.143. The lowest BCUT2D eigenvalue weighted by atomic mass is 9.95. The molecule has 0 aliphatic rings. The molecule has 4 aromatic carbocycles. The molecular weight excluding hydrogens is 454 g/mol. The number of hydrogen-bond donors (Lipinski definition) is 0. The van der Waals surface area contributed by atoms with Gasteiger partial charge >= 0.3 is 0 Å². The predicted molar refractivity (Wildman–Crippen MR) is 151 cm³/mol. The van der Waals surface area contributed by atoms with Crippen LogP contribution in [0, 0.1) is 0 Å². The van der Waals surface area contributed by atoms with Crippen molar-refractivity contribution in [2.45, 2.75) is 58.2 Å². The molecule has 0 spiro atoms. The Morgan fingerprint density at radius 3 is 1.81 bits per heavy atom. The lowest BCUT2D eigenvalue weighted by Gasteiger charge is -2.33. The van der Waals surface area contributed by atoms with E-state index in [1.807, 2.05) is 66.7 Å². The second kappa shape index (κ2) is 14.0. The highest BCUT2D eigenvalue weighted by molar-refractivity contribution is 5.77. The number of amides is 1. The summed E-state index contributed by atoms with van der Waals surface area (Å²) < 4.78 is 5.98. The number of carbonyl (C=O) groups excluding carboxylic acids is 1. The maximum Gasteiger partial charge on any atom is 0.223 e. The van der Waals surface area contributed by atoms with Gasteiger partial charge in [-0.3, -0.25) is 4.79 Å². The monoisotopic (exact) mass is 491 g/mol. The molecule has 3 nitrogen and oxygen atoms in total. The molecular formula is C34H37NO2. The Morgan fingerprint density at radius 1 is 0.676 bits per heavy atom. The summed E-state index contributed by atoms with van der Waals surface area (Å²) in [4.78, 5) is 15.8. The first kappa shape index (κ1) is 26.2. The summed E-state index contributed by atoms with van der Waals surface area (Å²) in [5.41, 5.74) is 4.47. The van der Waals surface area contributed by atoms with Gasteiger partial charge in [0.05, 0.1) is 6.04 Å². The van der Waals surface area contributed by atoms with Gasteiger partial charge in [-0.25, -0.2) is 0 Å². The Bertz CT molecular complexity index is 1150. The molecule has 1 amide bonds. The predicted octanol–water partition coefficient (Wildman–Crippen LogP) is 8.35. The molecule has 37 heavy (non-hydrogen) atoms. The second-order valence-corrected chi connectivity index (χ2v) is 9.47. The summed E-state index contributed by atoms with van der Waals surface area (Å²) in [5, 5.41) is 0. The standard InChI is InChI=1S/C34H37NO2/c1-2-3-4-14-21-33(36)35(34(30-17-10-6-11-18-30)31-19-12-7-13-20-31)26-28-22-24-32(25-23-28)37-27-29-15-8-5-9-16-29/h5-13,15-20,22-25,34H,2-4,14,21,26-27H2,1H3. The van der Waals surface area contributed by atoms with E-state index >= 15 is 0 Å². The van der Waals surface area contributed by atoms with Crippen LogP contribution in [0.3, 0.4) is 0 Å². The summed E-state index contributed by atoms with van der Waals surface area (Å²) in [7, 11) is 0. The fraction of sp³-hybridized carbons (Fsp3) is 0.265. The van der Waals surface area contributed by atoms with Crippen molar-refractivity contribution < 1.29 is 9.53 Å². The molecule has 4 rings (SSSR count). The zero-order valence-corrected chi connectivity index (χ0v) is 21.8. The van der Waals surface area contributed by atoms with E-state index in [4.69, 9.17) is 4.74 Å². The third kappa shape index (κ3) is 7.82. The maximum absolute atomic E-state index is 13.7. The van der Waals surface area contributed by atoms with Gasteiger partial charge in [0, 0.05) is 13.0 Å². The Labute approximate surface area is 221 Å². The Kier molecular flexibility index (Phi) is 9.94. The minimum Gasteiger partial charge on any atom is -0.489 e. The number of rotatable bonds is 13. The van der Waals surface area contributed by atoms with Crippen LogP contribution in [-0.2, 0) is 17.9 Å². The third-order valence-corrected chi connectivity index (χ3v) is 6.63. The van der Waals surface area contributed by atoms with Crippen molar-refractivity contribution in [2.75, 3.05) is 0 Å². The van der Waals surface area contributed by atoms with Gasteiger partial charge in [0.2, 0.25) is 5.91 Å². The highest BCUT2D eigenvalue weighted by Gasteiger charge is 2.26. The first-order chi connectivity index (χ1) is 18.2. The Hall–Kier alpha value is -3.85. The summed E-state index contributed by atoms with van der Waals surface area (Å²) in [6.45, 7) is 3.27. The van der Waals surface area contributed by atoms with Crippen molar-refractivity contribution >= 4 is 5.91 Å². The SMILES string of the molecule is CCCCCCC(=O)N(Cc1ccc(OCc2ccccc2)cc1)C(c1ccccc1)c1ccccc1. The van der Waals surface area contributed by atoms with Crippen LogP contribution in [0.25, 0.3) is 0 Å². The second-order valence-electron chi connectivity index (χ2n) is 9.47. The van der Waals surface area contributed by atoms with E-state index in [1.54, 1.807) is 0 Å². The van der Waals surface area contributed by atoms with Crippen LogP contribution in [0.1, 0.15) is 67.3 Å². The van der Waals surface area contributed by atoms with E-state index in [2.05, 4.69) is 60.4 Å². The highest BCUT2D eigenvalue weighted by Crippen LogP contribution is 2.31. The molecule has 190 valence electrons. The quantitative estimate of drug-likeness (QED) is 0.176. The minimum atomic E-state index is -0.143.